The molecule has 0 bridgehead atoms. The van der Waals surface area contributed by atoms with E-state index in [0.717, 1.165) is 19.5 Å². The molecule has 0 fully saturated rings. The number of carbonyl (C=O) groups is 1. The quantitative estimate of drug-likeness (QED) is 0.664. The minimum atomic E-state index is -0.823. The van der Waals surface area contributed by atoms with Crippen molar-refractivity contribution in [3.05, 3.63) is 0 Å². The van der Waals surface area contributed by atoms with Crippen molar-refractivity contribution in [1.82, 2.24) is 10.2 Å². The van der Waals surface area contributed by atoms with E-state index in [1.54, 1.807) is 6.92 Å². The van der Waals surface area contributed by atoms with Crippen LogP contribution in [0.25, 0.3) is 0 Å². The Morgan fingerprint density at radius 3 is 2.38 bits per heavy atom. The maximum Gasteiger partial charge on any atom is 0.323 e. The van der Waals surface area contributed by atoms with Gasteiger partial charge in [-0.25, -0.2) is 0 Å². The first-order chi connectivity index (χ1) is 7.31. The number of nitrogens with zero attached hydrogens (tertiary/aromatic N) is 1. The molecule has 2 N–H and O–H groups in total. The van der Waals surface area contributed by atoms with Crippen molar-refractivity contribution in [3.63, 3.8) is 0 Å². The SMILES string of the molecule is CCCN(C)CCC(C)(NC(C)C)C(=O)O. The molecule has 0 radical (unpaired) electrons. The molecule has 0 amide bonds. The summed E-state index contributed by atoms with van der Waals surface area (Å²) in [6.45, 7) is 9.63. The Bertz CT molecular complexity index is 219. The van der Waals surface area contributed by atoms with E-state index in [4.69, 9.17) is 0 Å². The molecule has 0 aromatic rings. The Kier molecular flexibility index (Phi) is 6.60. The molecule has 4 nitrogen and oxygen atoms in total. The molecule has 0 aliphatic heterocycles. The van der Waals surface area contributed by atoms with Crippen LogP contribution in [0.15, 0.2) is 0 Å². The van der Waals surface area contributed by atoms with Gasteiger partial charge in [-0.2, -0.15) is 0 Å². The molecule has 0 saturated heterocycles. The second-order valence-corrected chi connectivity index (χ2v) is 4.99. The highest BCUT2D eigenvalue weighted by atomic mass is 16.4. The molecular formula is C12H26N2O2. The molecular weight excluding hydrogens is 204 g/mol. The number of carboxylic acids is 1. The van der Waals surface area contributed by atoms with E-state index in [0.29, 0.717) is 6.42 Å². The fraction of sp³-hybridized carbons (Fsp3) is 0.917. The van der Waals surface area contributed by atoms with E-state index >= 15 is 0 Å². The molecule has 1 unspecified atom stereocenters. The molecule has 1 atom stereocenters. The Labute approximate surface area is 99.0 Å². The zero-order valence-corrected chi connectivity index (χ0v) is 11.2. The lowest BCUT2D eigenvalue weighted by molar-refractivity contribution is -0.144. The number of nitrogens with one attached hydrogen (secondary N) is 1. The number of carboxylic acid groups (broad SMARTS) is 1. The summed E-state index contributed by atoms with van der Waals surface area (Å²) in [6.07, 6.45) is 1.72. The van der Waals surface area contributed by atoms with E-state index in [2.05, 4.69) is 17.1 Å². The molecule has 0 heterocycles. The summed E-state index contributed by atoms with van der Waals surface area (Å²) in [5, 5.41) is 12.4. The van der Waals surface area contributed by atoms with Crippen molar-refractivity contribution in [2.24, 2.45) is 0 Å². The van der Waals surface area contributed by atoms with Crippen LogP contribution in [0, 0.1) is 0 Å². The molecule has 0 aromatic carbocycles. The lowest BCUT2D eigenvalue weighted by atomic mass is 9.96. The second-order valence-electron chi connectivity index (χ2n) is 4.99. The average molecular weight is 230 g/mol. The van der Waals surface area contributed by atoms with E-state index in [1.165, 1.54) is 0 Å². The van der Waals surface area contributed by atoms with Crippen LogP contribution in [0.3, 0.4) is 0 Å². The summed E-state index contributed by atoms with van der Waals surface area (Å²) >= 11 is 0. The fourth-order valence-electron chi connectivity index (χ4n) is 1.79. The summed E-state index contributed by atoms with van der Waals surface area (Å²) in [5.74, 6) is -0.772. The van der Waals surface area contributed by atoms with Crippen molar-refractivity contribution in [1.29, 1.82) is 0 Å². The largest absolute Gasteiger partial charge is 0.480 e. The number of hydrogen-bond donors (Lipinski definition) is 2. The number of hydrogen-bond acceptors (Lipinski definition) is 3. The van der Waals surface area contributed by atoms with Gasteiger partial charge in [-0.3, -0.25) is 10.1 Å². The van der Waals surface area contributed by atoms with Crippen LogP contribution in [-0.2, 0) is 4.79 Å². The molecule has 4 heteroatoms. The van der Waals surface area contributed by atoms with Gasteiger partial charge in [-0.05, 0) is 47.2 Å². The van der Waals surface area contributed by atoms with E-state index < -0.39 is 11.5 Å². The van der Waals surface area contributed by atoms with Gasteiger partial charge in [0.25, 0.3) is 0 Å². The number of rotatable bonds is 8. The maximum atomic E-state index is 11.2. The number of aliphatic carboxylic acids is 1. The van der Waals surface area contributed by atoms with Crippen LogP contribution in [0.2, 0.25) is 0 Å². The third-order valence-electron chi connectivity index (χ3n) is 2.68. The fourth-order valence-corrected chi connectivity index (χ4v) is 1.79. The van der Waals surface area contributed by atoms with E-state index in [-0.39, 0.29) is 6.04 Å². The third-order valence-corrected chi connectivity index (χ3v) is 2.68. The molecule has 0 aliphatic carbocycles. The lowest BCUT2D eigenvalue weighted by Crippen LogP contribution is -2.53. The summed E-state index contributed by atoms with van der Waals surface area (Å²) in [6, 6.07) is 0.178. The molecule has 0 aliphatic rings. The van der Waals surface area contributed by atoms with Crippen molar-refractivity contribution in [2.75, 3.05) is 20.1 Å². The Morgan fingerprint density at radius 2 is 2.00 bits per heavy atom. The zero-order valence-electron chi connectivity index (χ0n) is 11.2. The highest BCUT2D eigenvalue weighted by Crippen LogP contribution is 2.12. The zero-order chi connectivity index (χ0) is 12.8. The van der Waals surface area contributed by atoms with Crippen molar-refractivity contribution >= 4 is 5.97 Å². The van der Waals surface area contributed by atoms with Gasteiger partial charge >= 0.3 is 5.97 Å². The van der Waals surface area contributed by atoms with Gasteiger partial charge in [0, 0.05) is 12.6 Å². The molecule has 96 valence electrons. The smallest absolute Gasteiger partial charge is 0.323 e. The Hall–Kier alpha value is -0.610. The van der Waals surface area contributed by atoms with Crippen LogP contribution in [-0.4, -0.2) is 47.7 Å². The summed E-state index contributed by atoms with van der Waals surface area (Å²) in [5.41, 5.74) is -0.823. The normalized spacial score (nSPS) is 15.4. The summed E-state index contributed by atoms with van der Waals surface area (Å²) in [4.78, 5) is 13.4. The third kappa shape index (κ3) is 5.47. The summed E-state index contributed by atoms with van der Waals surface area (Å²) < 4.78 is 0. The predicted molar refractivity (Wildman–Crippen MR) is 66.7 cm³/mol. The second kappa shape index (κ2) is 6.86. The highest BCUT2D eigenvalue weighted by molar-refractivity contribution is 5.78. The predicted octanol–water partition coefficient (Wildman–Crippen LogP) is 1.56. The molecule has 16 heavy (non-hydrogen) atoms. The van der Waals surface area contributed by atoms with Crippen LogP contribution in [0.1, 0.15) is 40.5 Å². The van der Waals surface area contributed by atoms with Crippen LogP contribution >= 0.6 is 0 Å². The van der Waals surface area contributed by atoms with Crippen LogP contribution < -0.4 is 5.32 Å². The Balaban J connectivity index is 4.28. The van der Waals surface area contributed by atoms with Crippen molar-refractivity contribution in [2.45, 2.75) is 52.1 Å². The summed E-state index contributed by atoms with van der Waals surface area (Å²) in [7, 11) is 2.03. The standard InChI is InChI=1S/C12H26N2O2/c1-6-8-14(5)9-7-12(4,11(15)16)13-10(2)3/h10,13H,6-9H2,1-5H3,(H,15,16). The van der Waals surface area contributed by atoms with Crippen molar-refractivity contribution < 1.29 is 9.90 Å². The first kappa shape index (κ1) is 15.4. The molecule has 0 spiro atoms. The van der Waals surface area contributed by atoms with Crippen molar-refractivity contribution in [3.8, 4) is 0 Å². The van der Waals surface area contributed by atoms with Crippen LogP contribution in [0.5, 0.6) is 0 Å². The lowest BCUT2D eigenvalue weighted by Gasteiger charge is -2.30. The van der Waals surface area contributed by atoms with Gasteiger partial charge in [-0.1, -0.05) is 6.92 Å². The first-order valence-electron chi connectivity index (χ1n) is 6.01. The minimum Gasteiger partial charge on any atom is -0.480 e. The van der Waals surface area contributed by atoms with Gasteiger partial charge in [0.2, 0.25) is 0 Å². The molecule has 0 aromatic heterocycles. The van der Waals surface area contributed by atoms with Gasteiger partial charge < -0.3 is 10.0 Å². The van der Waals surface area contributed by atoms with Gasteiger partial charge in [0.1, 0.15) is 5.54 Å². The molecule has 0 rings (SSSR count). The topological polar surface area (TPSA) is 52.6 Å². The highest BCUT2D eigenvalue weighted by Gasteiger charge is 2.33. The average Bonchev–Trinajstić information content (AvgIpc) is 2.14. The monoisotopic (exact) mass is 230 g/mol. The van der Waals surface area contributed by atoms with E-state index in [1.807, 2.05) is 20.9 Å². The van der Waals surface area contributed by atoms with Crippen LogP contribution in [0.4, 0.5) is 0 Å². The first-order valence-corrected chi connectivity index (χ1v) is 6.01. The van der Waals surface area contributed by atoms with Gasteiger partial charge in [0.05, 0.1) is 0 Å². The molecule has 0 saturated carbocycles. The van der Waals surface area contributed by atoms with Gasteiger partial charge in [-0.15, -0.1) is 0 Å². The van der Waals surface area contributed by atoms with E-state index in [9.17, 15) is 9.90 Å². The maximum absolute atomic E-state index is 11.2. The minimum absolute atomic E-state index is 0.178. The Morgan fingerprint density at radius 1 is 1.44 bits per heavy atom. The van der Waals surface area contributed by atoms with Gasteiger partial charge in [0.15, 0.2) is 0 Å².